The predicted octanol–water partition coefficient (Wildman–Crippen LogP) is 7.83. The van der Waals surface area contributed by atoms with Crippen LogP contribution in [0.4, 0.5) is 0 Å². The van der Waals surface area contributed by atoms with Crippen molar-refractivity contribution >= 4 is 17.5 Å². The van der Waals surface area contributed by atoms with E-state index in [0.29, 0.717) is 23.3 Å². The number of carbonyl (C=O) groups is 3. The summed E-state index contributed by atoms with van der Waals surface area (Å²) in [6, 6.07) is 15.0. The Bertz CT molecular complexity index is 1660. The molecule has 0 aromatic heterocycles. The summed E-state index contributed by atoms with van der Waals surface area (Å²) in [5, 5.41) is 22.4. The monoisotopic (exact) mass is 628 g/mol. The van der Waals surface area contributed by atoms with Gasteiger partial charge in [0.2, 0.25) is 5.78 Å². The number of hydrogen-bond acceptors (Lipinski definition) is 8. The van der Waals surface area contributed by atoms with Crippen molar-refractivity contribution in [3.05, 3.63) is 82.4 Å². The molecule has 3 aromatic rings. The molecular formula is C38H44O8. The molecule has 0 bridgehead atoms. The highest BCUT2D eigenvalue weighted by molar-refractivity contribution is 6.05. The predicted molar refractivity (Wildman–Crippen MR) is 174 cm³/mol. The van der Waals surface area contributed by atoms with Crippen LogP contribution in [0.3, 0.4) is 0 Å². The Morgan fingerprint density at radius 2 is 1.67 bits per heavy atom. The molecular weight excluding hydrogens is 584 g/mol. The lowest BCUT2D eigenvalue weighted by Gasteiger charge is -2.54. The fraction of sp³-hybridized carbons (Fsp3) is 0.447. The van der Waals surface area contributed by atoms with Crippen LogP contribution in [0.2, 0.25) is 0 Å². The normalized spacial score (nSPS) is 21.5. The second-order valence-electron chi connectivity index (χ2n) is 13.9. The molecule has 0 aliphatic heterocycles. The molecule has 0 saturated heterocycles. The summed E-state index contributed by atoms with van der Waals surface area (Å²) in [6.07, 6.45) is 0.344. The number of benzene rings is 3. The summed E-state index contributed by atoms with van der Waals surface area (Å²) in [4.78, 5) is 39.9. The van der Waals surface area contributed by atoms with Crippen molar-refractivity contribution in [1.82, 2.24) is 0 Å². The summed E-state index contributed by atoms with van der Waals surface area (Å²) in [5.74, 6) is -1.20. The van der Waals surface area contributed by atoms with E-state index in [0.717, 1.165) is 37.3 Å². The van der Waals surface area contributed by atoms with Crippen LogP contribution in [-0.2, 0) is 14.9 Å². The Morgan fingerprint density at radius 1 is 0.978 bits per heavy atom. The first kappa shape index (κ1) is 33.2. The Labute approximate surface area is 270 Å². The van der Waals surface area contributed by atoms with E-state index in [9.17, 15) is 24.6 Å². The van der Waals surface area contributed by atoms with Crippen molar-refractivity contribution in [1.29, 1.82) is 0 Å². The lowest BCUT2D eigenvalue weighted by atomic mass is 9.50. The highest BCUT2D eigenvalue weighted by Gasteiger charge is 2.52. The Hall–Kier alpha value is -4.17. The van der Waals surface area contributed by atoms with Crippen molar-refractivity contribution in [2.45, 2.75) is 90.8 Å². The van der Waals surface area contributed by atoms with Crippen LogP contribution in [0.1, 0.15) is 117 Å². The van der Waals surface area contributed by atoms with E-state index in [-0.39, 0.29) is 45.5 Å². The van der Waals surface area contributed by atoms with E-state index in [4.69, 9.17) is 14.2 Å². The summed E-state index contributed by atoms with van der Waals surface area (Å²) in [7, 11) is 1.43. The molecule has 244 valence electrons. The smallest absolute Gasteiger partial charge is 0.303 e. The average molecular weight is 629 g/mol. The topological polar surface area (TPSA) is 119 Å². The third-order valence-electron chi connectivity index (χ3n) is 10.0. The first-order chi connectivity index (χ1) is 21.7. The fourth-order valence-electron chi connectivity index (χ4n) is 7.63. The number of rotatable bonds is 9. The minimum absolute atomic E-state index is 0.0123. The summed E-state index contributed by atoms with van der Waals surface area (Å²) >= 11 is 0. The molecule has 3 aromatic carbocycles. The van der Waals surface area contributed by atoms with Crippen LogP contribution in [0.15, 0.2) is 54.6 Å². The van der Waals surface area contributed by atoms with Gasteiger partial charge in [0.05, 0.1) is 7.11 Å². The first-order valence-corrected chi connectivity index (χ1v) is 15.9. The largest absolute Gasteiger partial charge is 0.507 e. The highest BCUT2D eigenvalue weighted by Crippen LogP contribution is 2.58. The lowest BCUT2D eigenvalue weighted by molar-refractivity contribution is -0.149. The summed E-state index contributed by atoms with van der Waals surface area (Å²) in [5.41, 5.74) is 2.23. The molecule has 8 heteroatoms. The van der Waals surface area contributed by atoms with E-state index in [2.05, 4.69) is 20.8 Å². The van der Waals surface area contributed by atoms with Gasteiger partial charge in [-0.05, 0) is 64.3 Å². The zero-order valence-corrected chi connectivity index (χ0v) is 27.7. The third kappa shape index (κ3) is 6.03. The number of methoxy groups -OCH3 is 1. The lowest BCUT2D eigenvalue weighted by Crippen LogP contribution is -2.49. The van der Waals surface area contributed by atoms with Gasteiger partial charge in [0, 0.05) is 31.0 Å². The van der Waals surface area contributed by atoms with E-state index in [1.54, 1.807) is 30.3 Å². The van der Waals surface area contributed by atoms with Gasteiger partial charge in [-0.15, -0.1) is 0 Å². The van der Waals surface area contributed by atoms with Gasteiger partial charge in [0.25, 0.3) is 0 Å². The Kier molecular flexibility index (Phi) is 9.06. The van der Waals surface area contributed by atoms with Crippen molar-refractivity contribution in [2.24, 2.45) is 11.3 Å². The third-order valence-corrected chi connectivity index (χ3v) is 10.0. The van der Waals surface area contributed by atoms with E-state index < -0.39 is 29.7 Å². The maximum atomic E-state index is 14.2. The maximum Gasteiger partial charge on any atom is 0.303 e. The van der Waals surface area contributed by atoms with Gasteiger partial charge in [0.1, 0.15) is 34.7 Å². The molecule has 2 aliphatic rings. The van der Waals surface area contributed by atoms with Crippen molar-refractivity contribution in [3.8, 4) is 23.0 Å². The number of aliphatic hydroxyl groups is 1. The van der Waals surface area contributed by atoms with Gasteiger partial charge in [-0.1, -0.05) is 71.4 Å². The van der Waals surface area contributed by atoms with Gasteiger partial charge in [-0.25, -0.2) is 0 Å². The van der Waals surface area contributed by atoms with Crippen molar-refractivity contribution < 1.29 is 38.8 Å². The number of hydrogen-bond donors (Lipinski definition) is 2. The molecule has 0 spiro atoms. The number of ether oxygens (including phenoxy) is 3. The summed E-state index contributed by atoms with van der Waals surface area (Å²) in [6.45, 7) is 11.9. The fourth-order valence-corrected chi connectivity index (χ4v) is 7.63. The molecule has 46 heavy (non-hydrogen) atoms. The average Bonchev–Trinajstić information content (AvgIpc) is 3.00. The van der Waals surface area contributed by atoms with Crippen molar-refractivity contribution in [3.63, 3.8) is 0 Å². The van der Waals surface area contributed by atoms with Crippen LogP contribution in [0.25, 0.3) is 0 Å². The van der Waals surface area contributed by atoms with Crippen LogP contribution >= 0.6 is 0 Å². The number of phenolic OH excluding ortho intramolecular Hbond substituents is 1. The standard InChI is InChI=1S/C38H44O8/c1-21(2)25-18-26-27(38(6)15-11-14-37(4,5)32(38)20-28(26)40)19-30(25)46-31-17-24(44-7)16-29(41)33(31)35(43)36(45-22(3)39)34(42)23-12-9-8-10-13-23/h8-10,12-13,16-19,21,32,34,36,41-42H,11,14-15,20H2,1-7H3. The number of carbonyl (C=O) groups excluding carboxylic acids is 3. The Morgan fingerprint density at radius 3 is 2.30 bits per heavy atom. The number of aromatic hydroxyl groups is 1. The maximum absolute atomic E-state index is 14.2. The van der Waals surface area contributed by atoms with Gasteiger partial charge < -0.3 is 24.4 Å². The SMILES string of the molecule is COc1cc(O)c(C(=O)C(OC(C)=O)C(O)c2ccccc2)c(Oc2cc3c(cc2C(C)C)C(=O)CC2C(C)(C)CCCC32C)c1. The van der Waals surface area contributed by atoms with Gasteiger partial charge in [-0.3, -0.25) is 14.4 Å². The van der Waals surface area contributed by atoms with Crippen LogP contribution in [0.5, 0.6) is 23.0 Å². The molecule has 2 N–H and O–H groups in total. The quantitative estimate of drug-likeness (QED) is 0.182. The number of aliphatic hydroxyl groups excluding tert-OH is 1. The second-order valence-corrected chi connectivity index (χ2v) is 13.9. The van der Waals surface area contributed by atoms with E-state index in [1.165, 1.54) is 19.2 Å². The zero-order valence-electron chi connectivity index (χ0n) is 27.7. The number of ketones is 2. The van der Waals surface area contributed by atoms with Crippen LogP contribution in [0, 0.1) is 11.3 Å². The molecule has 5 rings (SSSR count). The molecule has 8 nitrogen and oxygen atoms in total. The minimum Gasteiger partial charge on any atom is -0.507 e. The summed E-state index contributed by atoms with van der Waals surface area (Å²) < 4.78 is 17.3. The van der Waals surface area contributed by atoms with Crippen molar-refractivity contribution in [2.75, 3.05) is 7.11 Å². The zero-order chi connectivity index (χ0) is 33.6. The van der Waals surface area contributed by atoms with E-state index >= 15 is 0 Å². The molecule has 0 amide bonds. The van der Waals surface area contributed by atoms with Gasteiger partial charge >= 0.3 is 5.97 Å². The first-order valence-electron chi connectivity index (χ1n) is 15.9. The van der Waals surface area contributed by atoms with E-state index in [1.807, 2.05) is 26.0 Å². The minimum atomic E-state index is -1.67. The number of fused-ring (bicyclic) bond motifs is 3. The second kappa shape index (κ2) is 12.6. The molecule has 0 radical (unpaired) electrons. The molecule has 4 unspecified atom stereocenters. The number of esters is 1. The molecule has 2 aliphatic carbocycles. The molecule has 1 saturated carbocycles. The van der Waals surface area contributed by atoms with Crippen LogP contribution in [-0.4, -0.2) is 41.0 Å². The Balaban J connectivity index is 1.66. The van der Waals surface area contributed by atoms with Gasteiger partial charge in [-0.2, -0.15) is 0 Å². The molecule has 4 atom stereocenters. The number of Topliss-reactive ketones (excluding diaryl/α,β-unsaturated/α-hetero) is 2. The molecule has 1 fully saturated rings. The van der Waals surface area contributed by atoms with Crippen LogP contribution < -0.4 is 9.47 Å². The molecule has 0 heterocycles. The van der Waals surface area contributed by atoms with Gasteiger partial charge in [0.15, 0.2) is 11.9 Å². The highest BCUT2D eigenvalue weighted by atomic mass is 16.6. The number of phenols is 1.